The Morgan fingerprint density at radius 3 is 2.50 bits per heavy atom. The summed E-state index contributed by atoms with van der Waals surface area (Å²) in [4.78, 5) is 0. The van der Waals surface area contributed by atoms with Crippen molar-refractivity contribution in [1.82, 2.24) is 5.32 Å². The number of anilines is 1. The molecule has 0 aromatic heterocycles. The fourth-order valence-electron chi connectivity index (χ4n) is 1.97. The minimum absolute atomic E-state index is 0.738. The van der Waals surface area contributed by atoms with Crippen LogP contribution in [0.15, 0.2) is 24.3 Å². The van der Waals surface area contributed by atoms with Crippen LogP contribution in [0.2, 0.25) is 0 Å². The summed E-state index contributed by atoms with van der Waals surface area (Å²) >= 11 is 0. The maximum atomic E-state index is 5.62. The highest BCUT2D eigenvalue weighted by Crippen LogP contribution is 2.26. The van der Waals surface area contributed by atoms with E-state index in [1.807, 2.05) is 12.1 Å². The van der Waals surface area contributed by atoms with E-state index in [0.29, 0.717) is 0 Å². The third kappa shape index (κ3) is 2.26. The number of hydrogen-bond donors (Lipinski definition) is 2. The van der Waals surface area contributed by atoms with Crippen molar-refractivity contribution in [3.8, 4) is 0 Å². The van der Waals surface area contributed by atoms with Gasteiger partial charge in [0.25, 0.3) is 0 Å². The average Bonchev–Trinajstić information content (AvgIpc) is 2.13. The van der Waals surface area contributed by atoms with Crippen LogP contribution in [-0.4, -0.2) is 6.04 Å². The van der Waals surface area contributed by atoms with Crippen LogP contribution in [0.1, 0.15) is 25.3 Å². The molecule has 2 heteroatoms. The van der Waals surface area contributed by atoms with Gasteiger partial charge >= 0.3 is 0 Å². The van der Waals surface area contributed by atoms with Gasteiger partial charge in [0, 0.05) is 18.3 Å². The van der Waals surface area contributed by atoms with Gasteiger partial charge in [-0.2, -0.15) is 0 Å². The first kappa shape index (κ1) is 9.53. The fraction of sp³-hybridized carbons (Fsp3) is 0.500. The Bertz CT molecular complexity index is 286. The molecule has 1 aromatic carbocycles. The smallest absolute Gasteiger partial charge is 0.0314 e. The lowest BCUT2D eigenvalue weighted by Gasteiger charge is -2.33. The van der Waals surface area contributed by atoms with E-state index in [2.05, 4.69) is 24.4 Å². The molecule has 2 rings (SSSR count). The quantitative estimate of drug-likeness (QED) is 0.717. The molecule has 14 heavy (non-hydrogen) atoms. The van der Waals surface area contributed by atoms with Crippen molar-refractivity contribution in [3.05, 3.63) is 29.8 Å². The number of nitrogens with two attached hydrogens (primary N) is 1. The topological polar surface area (TPSA) is 38.0 Å². The van der Waals surface area contributed by atoms with Crippen molar-refractivity contribution in [3.63, 3.8) is 0 Å². The summed E-state index contributed by atoms with van der Waals surface area (Å²) in [5, 5.41) is 3.54. The van der Waals surface area contributed by atoms with Crippen LogP contribution in [0.4, 0.5) is 5.69 Å². The Balaban J connectivity index is 1.78. The number of benzene rings is 1. The monoisotopic (exact) mass is 190 g/mol. The highest BCUT2D eigenvalue weighted by atomic mass is 14.9. The van der Waals surface area contributed by atoms with Crippen molar-refractivity contribution < 1.29 is 0 Å². The molecule has 0 heterocycles. The molecule has 0 amide bonds. The zero-order valence-electron chi connectivity index (χ0n) is 8.66. The lowest BCUT2D eigenvalue weighted by atomic mass is 9.82. The molecular formula is C12H18N2. The van der Waals surface area contributed by atoms with Crippen LogP contribution >= 0.6 is 0 Å². The van der Waals surface area contributed by atoms with Gasteiger partial charge in [0.05, 0.1) is 0 Å². The van der Waals surface area contributed by atoms with Crippen molar-refractivity contribution in [2.45, 2.75) is 32.4 Å². The lowest BCUT2D eigenvalue weighted by molar-refractivity contribution is 0.240. The van der Waals surface area contributed by atoms with Crippen LogP contribution in [0.25, 0.3) is 0 Å². The van der Waals surface area contributed by atoms with Gasteiger partial charge in [-0.1, -0.05) is 19.1 Å². The maximum Gasteiger partial charge on any atom is 0.0314 e. The van der Waals surface area contributed by atoms with Gasteiger partial charge in [-0.25, -0.2) is 0 Å². The molecule has 0 bridgehead atoms. The van der Waals surface area contributed by atoms with E-state index >= 15 is 0 Å². The van der Waals surface area contributed by atoms with Crippen molar-refractivity contribution >= 4 is 5.69 Å². The standard InChI is InChI=1S/C12H18N2/c1-9-6-12(7-9)14-8-10-2-4-11(13)5-3-10/h2-5,9,12,14H,6-8,13H2,1H3. The zero-order chi connectivity index (χ0) is 9.97. The third-order valence-corrected chi connectivity index (χ3v) is 2.95. The molecule has 1 aliphatic rings. The first-order chi connectivity index (χ1) is 6.74. The van der Waals surface area contributed by atoms with Crippen LogP contribution < -0.4 is 11.1 Å². The largest absolute Gasteiger partial charge is 0.399 e. The molecule has 0 atom stereocenters. The summed E-state index contributed by atoms with van der Waals surface area (Å²) in [6, 6.07) is 8.83. The van der Waals surface area contributed by atoms with Crippen molar-refractivity contribution in [2.24, 2.45) is 5.92 Å². The molecule has 3 N–H and O–H groups in total. The highest BCUT2D eigenvalue weighted by molar-refractivity contribution is 5.39. The van der Waals surface area contributed by atoms with E-state index in [1.54, 1.807) is 0 Å². The molecule has 0 aliphatic heterocycles. The normalized spacial score (nSPS) is 25.8. The van der Waals surface area contributed by atoms with E-state index < -0.39 is 0 Å². The van der Waals surface area contributed by atoms with E-state index in [4.69, 9.17) is 5.73 Å². The Morgan fingerprint density at radius 1 is 1.29 bits per heavy atom. The number of nitrogen functional groups attached to an aromatic ring is 1. The molecule has 0 saturated heterocycles. The second-order valence-electron chi connectivity index (χ2n) is 4.40. The minimum atomic E-state index is 0.738. The molecule has 0 unspecified atom stereocenters. The second-order valence-corrected chi connectivity index (χ2v) is 4.40. The predicted octanol–water partition coefficient (Wildman–Crippen LogP) is 2.16. The predicted molar refractivity (Wildman–Crippen MR) is 59.9 cm³/mol. The van der Waals surface area contributed by atoms with E-state index in [0.717, 1.165) is 24.2 Å². The molecule has 76 valence electrons. The van der Waals surface area contributed by atoms with Gasteiger partial charge in [0.15, 0.2) is 0 Å². The molecule has 1 fully saturated rings. The van der Waals surface area contributed by atoms with Crippen molar-refractivity contribution in [1.29, 1.82) is 0 Å². The number of hydrogen-bond acceptors (Lipinski definition) is 2. The molecular weight excluding hydrogens is 172 g/mol. The summed E-state index contributed by atoms with van der Waals surface area (Å²) in [5.41, 5.74) is 7.77. The van der Waals surface area contributed by atoms with Gasteiger partial charge in [-0.05, 0) is 36.5 Å². The molecule has 1 aromatic rings. The van der Waals surface area contributed by atoms with Crippen LogP contribution in [0.5, 0.6) is 0 Å². The third-order valence-electron chi connectivity index (χ3n) is 2.95. The van der Waals surface area contributed by atoms with Gasteiger partial charge in [-0.3, -0.25) is 0 Å². The van der Waals surface area contributed by atoms with Crippen LogP contribution in [0, 0.1) is 5.92 Å². The summed E-state index contributed by atoms with van der Waals surface area (Å²) in [7, 11) is 0. The van der Waals surface area contributed by atoms with Gasteiger partial charge in [0.1, 0.15) is 0 Å². The zero-order valence-corrected chi connectivity index (χ0v) is 8.66. The van der Waals surface area contributed by atoms with E-state index in [9.17, 15) is 0 Å². The maximum absolute atomic E-state index is 5.62. The summed E-state index contributed by atoms with van der Waals surface area (Å²) in [6.07, 6.45) is 2.66. The van der Waals surface area contributed by atoms with Crippen LogP contribution in [0.3, 0.4) is 0 Å². The van der Waals surface area contributed by atoms with E-state index in [1.165, 1.54) is 18.4 Å². The Morgan fingerprint density at radius 2 is 1.93 bits per heavy atom. The summed E-state index contributed by atoms with van der Waals surface area (Å²) in [5.74, 6) is 0.916. The lowest BCUT2D eigenvalue weighted by Crippen LogP contribution is -2.39. The van der Waals surface area contributed by atoms with Gasteiger partial charge in [-0.15, -0.1) is 0 Å². The van der Waals surface area contributed by atoms with Gasteiger partial charge < -0.3 is 11.1 Å². The summed E-state index contributed by atoms with van der Waals surface area (Å²) in [6.45, 7) is 3.28. The Kier molecular flexibility index (Phi) is 2.73. The van der Waals surface area contributed by atoms with Crippen molar-refractivity contribution in [2.75, 3.05) is 5.73 Å². The number of nitrogens with one attached hydrogen (secondary N) is 1. The molecule has 1 aliphatic carbocycles. The Hall–Kier alpha value is -1.02. The molecule has 1 saturated carbocycles. The van der Waals surface area contributed by atoms with Gasteiger partial charge in [0.2, 0.25) is 0 Å². The van der Waals surface area contributed by atoms with E-state index in [-0.39, 0.29) is 0 Å². The first-order valence-corrected chi connectivity index (χ1v) is 5.32. The summed E-state index contributed by atoms with van der Waals surface area (Å²) < 4.78 is 0. The molecule has 2 nitrogen and oxygen atoms in total. The molecule has 0 radical (unpaired) electrons. The number of rotatable bonds is 3. The SMILES string of the molecule is CC1CC(NCc2ccc(N)cc2)C1. The fourth-order valence-corrected chi connectivity index (χ4v) is 1.97. The molecule has 0 spiro atoms. The Labute approximate surface area is 85.5 Å². The second kappa shape index (κ2) is 4.01. The average molecular weight is 190 g/mol. The first-order valence-electron chi connectivity index (χ1n) is 5.32. The minimum Gasteiger partial charge on any atom is -0.399 e. The highest BCUT2D eigenvalue weighted by Gasteiger charge is 2.24. The van der Waals surface area contributed by atoms with Crippen LogP contribution in [-0.2, 0) is 6.54 Å².